The van der Waals surface area contributed by atoms with E-state index in [-0.39, 0.29) is 0 Å². The van der Waals surface area contributed by atoms with Crippen LogP contribution in [0.15, 0.2) is 0 Å². The van der Waals surface area contributed by atoms with Crippen molar-refractivity contribution in [1.29, 1.82) is 0 Å². The fourth-order valence-corrected chi connectivity index (χ4v) is 3.21. The van der Waals surface area contributed by atoms with Crippen LogP contribution in [-0.4, -0.2) is 35.2 Å². The Kier molecular flexibility index (Phi) is 3.82. The summed E-state index contributed by atoms with van der Waals surface area (Å²) in [6.45, 7) is 1.69. The lowest BCUT2D eigenvalue weighted by Gasteiger charge is -2.30. The lowest BCUT2D eigenvalue weighted by molar-refractivity contribution is 0.163. The van der Waals surface area contributed by atoms with Crippen molar-refractivity contribution >= 4 is 0 Å². The normalized spacial score (nSPS) is 30.2. The van der Waals surface area contributed by atoms with Gasteiger partial charge in [0.05, 0.1) is 0 Å². The van der Waals surface area contributed by atoms with E-state index >= 15 is 0 Å². The van der Waals surface area contributed by atoms with Crippen LogP contribution >= 0.6 is 0 Å². The Labute approximate surface area is 87.3 Å². The van der Waals surface area contributed by atoms with E-state index in [1.807, 2.05) is 0 Å². The molecule has 82 valence electrons. The molecule has 0 radical (unpaired) electrons. The van der Waals surface area contributed by atoms with Crippen LogP contribution in [0, 0.1) is 0 Å². The average molecular weight is 197 g/mol. The second-order valence-corrected chi connectivity index (χ2v) is 4.84. The average Bonchev–Trinajstić information content (AvgIpc) is 2.84. The third-order valence-electron chi connectivity index (χ3n) is 3.91. The van der Waals surface area contributed by atoms with Crippen LogP contribution in [0.1, 0.15) is 51.4 Å². The fourth-order valence-electron chi connectivity index (χ4n) is 3.21. The summed E-state index contributed by atoms with van der Waals surface area (Å²) in [6.07, 6.45) is 10.7. The third kappa shape index (κ3) is 2.29. The van der Waals surface area contributed by atoms with Crippen molar-refractivity contribution in [1.82, 2.24) is 4.90 Å². The Balaban J connectivity index is 1.82. The topological polar surface area (TPSA) is 23.5 Å². The summed E-state index contributed by atoms with van der Waals surface area (Å²) in [5, 5.41) is 8.86. The van der Waals surface area contributed by atoms with Gasteiger partial charge in [-0.25, -0.2) is 0 Å². The molecule has 1 unspecified atom stereocenters. The molecule has 2 nitrogen and oxygen atoms in total. The summed E-state index contributed by atoms with van der Waals surface area (Å²) in [4.78, 5) is 2.74. The molecule has 1 heterocycles. The van der Waals surface area contributed by atoms with Crippen molar-refractivity contribution < 1.29 is 5.11 Å². The third-order valence-corrected chi connectivity index (χ3v) is 3.91. The van der Waals surface area contributed by atoms with E-state index < -0.39 is 0 Å². The molecule has 0 bridgehead atoms. The maximum atomic E-state index is 8.86. The molecular weight excluding hydrogens is 174 g/mol. The Morgan fingerprint density at radius 2 is 1.86 bits per heavy atom. The van der Waals surface area contributed by atoms with E-state index in [2.05, 4.69) is 4.90 Å². The molecular formula is C12H23NO. The Hall–Kier alpha value is -0.0800. The molecule has 2 aliphatic rings. The van der Waals surface area contributed by atoms with Crippen LogP contribution in [0.25, 0.3) is 0 Å². The molecule has 14 heavy (non-hydrogen) atoms. The number of aliphatic hydroxyl groups excluding tert-OH is 1. The van der Waals surface area contributed by atoms with Gasteiger partial charge >= 0.3 is 0 Å². The summed E-state index contributed by atoms with van der Waals surface area (Å²) in [5.74, 6) is 0. The highest BCUT2D eigenvalue weighted by Gasteiger charge is 2.31. The molecule has 0 aromatic carbocycles. The molecule has 1 aliphatic heterocycles. The molecule has 0 amide bonds. The van der Waals surface area contributed by atoms with Crippen LogP contribution in [-0.2, 0) is 0 Å². The summed E-state index contributed by atoms with van der Waals surface area (Å²) in [5.41, 5.74) is 0. The van der Waals surface area contributed by atoms with Crippen LogP contribution in [0.2, 0.25) is 0 Å². The molecule has 2 fully saturated rings. The van der Waals surface area contributed by atoms with E-state index in [0.717, 1.165) is 18.5 Å². The fraction of sp³-hybridized carbons (Fsp3) is 1.00. The standard InChI is InChI=1S/C12H23NO/c14-10-4-8-12-7-3-9-13(12)11-5-1-2-6-11/h11-12,14H,1-10H2. The number of likely N-dealkylation sites (tertiary alicyclic amines) is 1. The Morgan fingerprint density at radius 3 is 2.57 bits per heavy atom. The summed E-state index contributed by atoms with van der Waals surface area (Å²) in [6, 6.07) is 1.69. The van der Waals surface area contributed by atoms with Crippen LogP contribution in [0.3, 0.4) is 0 Å². The highest BCUT2D eigenvalue weighted by Crippen LogP contribution is 2.31. The number of hydrogen-bond donors (Lipinski definition) is 1. The Bertz CT molecular complexity index is 166. The number of rotatable bonds is 4. The zero-order chi connectivity index (χ0) is 9.80. The van der Waals surface area contributed by atoms with Gasteiger partial charge in [0.25, 0.3) is 0 Å². The zero-order valence-electron chi connectivity index (χ0n) is 9.12. The van der Waals surface area contributed by atoms with Gasteiger partial charge in [-0.3, -0.25) is 4.90 Å². The van der Waals surface area contributed by atoms with Crippen molar-refractivity contribution in [2.24, 2.45) is 0 Å². The Morgan fingerprint density at radius 1 is 1.07 bits per heavy atom. The number of nitrogens with zero attached hydrogens (tertiary/aromatic N) is 1. The van der Waals surface area contributed by atoms with Crippen molar-refractivity contribution in [2.45, 2.75) is 63.5 Å². The first-order valence-corrected chi connectivity index (χ1v) is 6.28. The summed E-state index contributed by atoms with van der Waals surface area (Å²) >= 11 is 0. The molecule has 0 spiro atoms. The maximum absolute atomic E-state index is 8.86. The summed E-state index contributed by atoms with van der Waals surface area (Å²) in [7, 11) is 0. The zero-order valence-corrected chi connectivity index (χ0v) is 9.12. The predicted octanol–water partition coefficient (Wildman–Crippen LogP) is 2.17. The minimum Gasteiger partial charge on any atom is -0.396 e. The second-order valence-electron chi connectivity index (χ2n) is 4.84. The van der Waals surface area contributed by atoms with Gasteiger partial charge in [0.2, 0.25) is 0 Å². The predicted molar refractivity (Wildman–Crippen MR) is 58.3 cm³/mol. The molecule has 1 aliphatic carbocycles. The minimum atomic E-state index is 0.370. The van der Waals surface area contributed by atoms with Gasteiger partial charge in [-0.15, -0.1) is 0 Å². The number of hydrogen-bond acceptors (Lipinski definition) is 2. The van der Waals surface area contributed by atoms with E-state index in [0.29, 0.717) is 6.61 Å². The van der Waals surface area contributed by atoms with Crippen molar-refractivity contribution in [3.05, 3.63) is 0 Å². The molecule has 1 N–H and O–H groups in total. The SMILES string of the molecule is OCCCC1CCCN1C1CCCC1. The first-order valence-electron chi connectivity index (χ1n) is 6.28. The van der Waals surface area contributed by atoms with E-state index in [9.17, 15) is 0 Å². The summed E-state index contributed by atoms with van der Waals surface area (Å²) < 4.78 is 0. The maximum Gasteiger partial charge on any atom is 0.0431 e. The van der Waals surface area contributed by atoms with Crippen LogP contribution in [0.4, 0.5) is 0 Å². The van der Waals surface area contributed by atoms with Crippen molar-refractivity contribution in [3.8, 4) is 0 Å². The van der Waals surface area contributed by atoms with Gasteiger partial charge in [0, 0.05) is 18.7 Å². The highest BCUT2D eigenvalue weighted by atomic mass is 16.2. The largest absolute Gasteiger partial charge is 0.396 e. The number of aliphatic hydroxyl groups is 1. The lowest BCUT2D eigenvalue weighted by Crippen LogP contribution is -2.37. The van der Waals surface area contributed by atoms with Gasteiger partial charge in [-0.2, -0.15) is 0 Å². The molecule has 1 saturated carbocycles. The molecule has 2 rings (SSSR count). The smallest absolute Gasteiger partial charge is 0.0431 e. The first-order chi connectivity index (χ1) is 6.92. The quantitative estimate of drug-likeness (QED) is 0.746. The van der Waals surface area contributed by atoms with E-state index in [1.165, 1.54) is 51.5 Å². The van der Waals surface area contributed by atoms with Crippen LogP contribution < -0.4 is 0 Å². The highest BCUT2D eigenvalue weighted by molar-refractivity contribution is 4.87. The first kappa shape index (κ1) is 10.4. The van der Waals surface area contributed by atoms with E-state index in [4.69, 9.17) is 5.11 Å². The molecule has 2 heteroatoms. The van der Waals surface area contributed by atoms with Crippen molar-refractivity contribution in [2.75, 3.05) is 13.2 Å². The van der Waals surface area contributed by atoms with Gasteiger partial charge in [0.15, 0.2) is 0 Å². The minimum absolute atomic E-state index is 0.370. The monoisotopic (exact) mass is 197 g/mol. The van der Waals surface area contributed by atoms with Gasteiger partial charge in [-0.1, -0.05) is 12.8 Å². The molecule has 1 atom stereocenters. The second kappa shape index (κ2) is 5.13. The van der Waals surface area contributed by atoms with Gasteiger partial charge in [0.1, 0.15) is 0 Å². The lowest BCUT2D eigenvalue weighted by atomic mass is 10.1. The van der Waals surface area contributed by atoms with Gasteiger partial charge in [-0.05, 0) is 45.1 Å². The van der Waals surface area contributed by atoms with Crippen molar-refractivity contribution in [3.63, 3.8) is 0 Å². The molecule has 1 saturated heterocycles. The van der Waals surface area contributed by atoms with Crippen LogP contribution in [0.5, 0.6) is 0 Å². The molecule has 0 aromatic heterocycles. The van der Waals surface area contributed by atoms with E-state index in [1.54, 1.807) is 0 Å². The molecule has 0 aromatic rings. The van der Waals surface area contributed by atoms with Gasteiger partial charge < -0.3 is 5.11 Å².